The molecule has 1 N–H and O–H groups in total. The molecule has 2 heterocycles. The van der Waals surface area contributed by atoms with Gasteiger partial charge in [0.05, 0.1) is 6.54 Å². The molecule has 6 heteroatoms. The van der Waals surface area contributed by atoms with Gasteiger partial charge in [-0.15, -0.1) is 11.3 Å². The number of aryl methyl sites for hydroxylation is 1. The first-order valence-electron chi connectivity index (χ1n) is 6.68. The summed E-state index contributed by atoms with van der Waals surface area (Å²) in [5.41, 5.74) is 1.23. The lowest BCUT2D eigenvalue weighted by atomic mass is 10.2. The Morgan fingerprint density at radius 3 is 2.55 bits per heavy atom. The van der Waals surface area contributed by atoms with E-state index in [1.807, 2.05) is 43.3 Å². The Labute approximate surface area is 140 Å². The van der Waals surface area contributed by atoms with E-state index in [0.717, 1.165) is 19.8 Å². The molecule has 4 nitrogen and oxygen atoms in total. The van der Waals surface area contributed by atoms with E-state index in [2.05, 4.69) is 21.2 Å². The van der Waals surface area contributed by atoms with Crippen LogP contribution in [0.15, 0.2) is 46.6 Å². The molecule has 1 saturated heterocycles. The SMILES string of the molecule is Cc1ccc(/C=C2/NC(=O)N(Cc3ccc(Br)cc3)C2=O)s1. The zero-order valence-corrected chi connectivity index (χ0v) is 14.2. The minimum Gasteiger partial charge on any atom is -0.303 e. The number of thiophene rings is 1. The third-order valence-electron chi connectivity index (χ3n) is 3.26. The third-order valence-corrected chi connectivity index (χ3v) is 4.74. The van der Waals surface area contributed by atoms with E-state index < -0.39 is 0 Å². The zero-order valence-electron chi connectivity index (χ0n) is 11.8. The lowest BCUT2D eigenvalue weighted by Crippen LogP contribution is -2.30. The van der Waals surface area contributed by atoms with Crippen molar-refractivity contribution in [2.75, 3.05) is 0 Å². The van der Waals surface area contributed by atoms with Crippen molar-refractivity contribution in [3.63, 3.8) is 0 Å². The molecular weight excluding hydrogens is 364 g/mol. The van der Waals surface area contributed by atoms with Crippen LogP contribution in [0.2, 0.25) is 0 Å². The van der Waals surface area contributed by atoms with E-state index in [9.17, 15) is 9.59 Å². The number of hydrogen-bond donors (Lipinski definition) is 1. The minimum absolute atomic E-state index is 0.263. The van der Waals surface area contributed by atoms with Gasteiger partial charge in [0.1, 0.15) is 5.70 Å². The highest BCUT2D eigenvalue weighted by Gasteiger charge is 2.33. The van der Waals surface area contributed by atoms with Crippen LogP contribution >= 0.6 is 27.3 Å². The molecule has 1 aliphatic heterocycles. The summed E-state index contributed by atoms with van der Waals surface area (Å²) in [6.45, 7) is 2.26. The molecule has 22 heavy (non-hydrogen) atoms. The van der Waals surface area contributed by atoms with Crippen LogP contribution in [-0.2, 0) is 11.3 Å². The van der Waals surface area contributed by atoms with E-state index in [-0.39, 0.29) is 18.5 Å². The van der Waals surface area contributed by atoms with Gasteiger partial charge in [-0.3, -0.25) is 9.69 Å². The molecule has 0 spiro atoms. The lowest BCUT2D eigenvalue weighted by molar-refractivity contribution is -0.123. The normalized spacial score (nSPS) is 16.5. The van der Waals surface area contributed by atoms with E-state index in [1.54, 1.807) is 17.4 Å². The average molecular weight is 377 g/mol. The second-order valence-electron chi connectivity index (χ2n) is 4.95. The summed E-state index contributed by atoms with van der Waals surface area (Å²) in [6, 6.07) is 11.1. The minimum atomic E-state index is -0.382. The van der Waals surface area contributed by atoms with Crippen LogP contribution in [0.25, 0.3) is 6.08 Å². The van der Waals surface area contributed by atoms with Gasteiger partial charge in [0.25, 0.3) is 5.91 Å². The Morgan fingerprint density at radius 1 is 1.18 bits per heavy atom. The summed E-state index contributed by atoms with van der Waals surface area (Å²) < 4.78 is 0.960. The van der Waals surface area contributed by atoms with Crippen molar-refractivity contribution in [3.8, 4) is 0 Å². The maximum absolute atomic E-state index is 12.4. The highest BCUT2D eigenvalue weighted by molar-refractivity contribution is 9.10. The number of nitrogens with one attached hydrogen (secondary N) is 1. The Morgan fingerprint density at radius 2 is 1.91 bits per heavy atom. The highest BCUT2D eigenvalue weighted by atomic mass is 79.9. The fourth-order valence-corrected chi connectivity index (χ4v) is 3.25. The molecule has 1 aromatic heterocycles. The van der Waals surface area contributed by atoms with E-state index in [4.69, 9.17) is 0 Å². The van der Waals surface area contributed by atoms with Crippen LogP contribution in [0, 0.1) is 6.92 Å². The molecule has 1 aromatic carbocycles. The average Bonchev–Trinajstić information content (AvgIpc) is 3.00. The van der Waals surface area contributed by atoms with Crippen LogP contribution in [-0.4, -0.2) is 16.8 Å². The number of urea groups is 1. The number of carbonyl (C=O) groups excluding carboxylic acids is 2. The standard InChI is InChI=1S/C16H13BrN2O2S/c1-10-2-7-13(22-10)8-14-15(20)19(16(21)18-14)9-11-3-5-12(17)6-4-11/h2-8H,9H2,1H3,(H,18,21)/b14-8+. The number of imide groups is 1. The number of carbonyl (C=O) groups is 2. The Bertz CT molecular complexity index is 765. The van der Waals surface area contributed by atoms with Crippen molar-refractivity contribution in [1.29, 1.82) is 0 Å². The van der Waals surface area contributed by atoms with Gasteiger partial charge in [0.2, 0.25) is 0 Å². The van der Waals surface area contributed by atoms with Crippen LogP contribution in [0.4, 0.5) is 4.79 Å². The first kappa shape index (κ1) is 15.0. The van der Waals surface area contributed by atoms with Gasteiger partial charge in [-0.2, -0.15) is 0 Å². The molecule has 1 aliphatic rings. The quantitative estimate of drug-likeness (QED) is 0.651. The number of nitrogens with zero attached hydrogens (tertiary/aromatic N) is 1. The maximum Gasteiger partial charge on any atom is 0.329 e. The summed E-state index contributed by atoms with van der Waals surface area (Å²) in [7, 11) is 0. The van der Waals surface area contributed by atoms with Crippen LogP contribution in [0.5, 0.6) is 0 Å². The number of amides is 3. The van der Waals surface area contributed by atoms with Gasteiger partial charge in [-0.25, -0.2) is 4.79 Å². The molecular formula is C16H13BrN2O2S. The van der Waals surface area contributed by atoms with Gasteiger partial charge in [-0.05, 0) is 42.8 Å². The van der Waals surface area contributed by atoms with Gasteiger partial charge < -0.3 is 5.32 Å². The van der Waals surface area contributed by atoms with Gasteiger partial charge in [0.15, 0.2) is 0 Å². The molecule has 3 rings (SSSR count). The van der Waals surface area contributed by atoms with Crippen molar-refractivity contribution in [2.24, 2.45) is 0 Å². The van der Waals surface area contributed by atoms with Crippen LogP contribution in [0.1, 0.15) is 15.3 Å². The molecule has 0 aliphatic carbocycles. The lowest BCUT2D eigenvalue weighted by Gasteiger charge is -2.11. The highest BCUT2D eigenvalue weighted by Crippen LogP contribution is 2.21. The topological polar surface area (TPSA) is 49.4 Å². The summed E-state index contributed by atoms with van der Waals surface area (Å²) in [4.78, 5) is 27.7. The largest absolute Gasteiger partial charge is 0.329 e. The predicted octanol–water partition coefficient (Wildman–Crippen LogP) is 3.91. The van der Waals surface area contributed by atoms with Gasteiger partial charge in [0, 0.05) is 14.2 Å². The Balaban J connectivity index is 1.79. The molecule has 0 atom stereocenters. The van der Waals surface area contributed by atoms with Crippen molar-refractivity contribution < 1.29 is 9.59 Å². The Hall–Kier alpha value is -1.92. The molecule has 0 radical (unpaired) electrons. The van der Waals surface area contributed by atoms with Gasteiger partial charge >= 0.3 is 6.03 Å². The molecule has 0 saturated carbocycles. The number of benzene rings is 1. The van der Waals surface area contributed by atoms with Crippen molar-refractivity contribution >= 4 is 45.3 Å². The Kier molecular flexibility index (Phi) is 4.13. The number of hydrogen-bond acceptors (Lipinski definition) is 3. The number of halogens is 1. The summed E-state index contributed by atoms with van der Waals surface area (Å²) in [6.07, 6.45) is 1.72. The fourth-order valence-electron chi connectivity index (χ4n) is 2.16. The second kappa shape index (κ2) is 6.06. The summed E-state index contributed by atoms with van der Waals surface area (Å²) >= 11 is 4.94. The molecule has 0 unspecified atom stereocenters. The van der Waals surface area contributed by atoms with E-state index in [0.29, 0.717) is 5.70 Å². The smallest absolute Gasteiger partial charge is 0.303 e. The van der Waals surface area contributed by atoms with Crippen LogP contribution in [0.3, 0.4) is 0 Å². The molecule has 2 aromatic rings. The van der Waals surface area contributed by atoms with E-state index >= 15 is 0 Å². The molecule has 0 bridgehead atoms. The van der Waals surface area contributed by atoms with Crippen molar-refractivity contribution in [2.45, 2.75) is 13.5 Å². The summed E-state index contributed by atoms with van der Waals surface area (Å²) in [5.74, 6) is -0.293. The van der Waals surface area contributed by atoms with Crippen LogP contribution < -0.4 is 5.32 Å². The first-order chi connectivity index (χ1) is 10.5. The van der Waals surface area contributed by atoms with Crippen molar-refractivity contribution in [3.05, 3.63) is 61.9 Å². The zero-order chi connectivity index (χ0) is 15.7. The monoisotopic (exact) mass is 376 g/mol. The predicted molar refractivity (Wildman–Crippen MR) is 90.3 cm³/mol. The molecule has 3 amide bonds. The van der Waals surface area contributed by atoms with Gasteiger partial charge in [-0.1, -0.05) is 28.1 Å². The summed E-state index contributed by atoms with van der Waals surface area (Å²) in [5, 5.41) is 2.64. The number of rotatable bonds is 3. The fraction of sp³-hybridized carbons (Fsp3) is 0.125. The van der Waals surface area contributed by atoms with E-state index in [1.165, 1.54) is 4.90 Å². The maximum atomic E-state index is 12.4. The molecule has 1 fully saturated rings. The van der Waals surface area contributed by atoms with Crippen molar-refractivity contribution in [1.82, 2.24) is 10.2 Å². The molecule has 112 valence electrons. The second-order valence-corrected chi connectivity index (χ2v) is 7.19. The first-order valence-corrected chi connectivity index (χ1v) is 8.29. The third kappa shape index (κ3) is 3.13.